The molecule has 1 heterocycles. The van der Waals surface area contributed by atoms with Gasteiger partial charge in [0.15, 0.2) is 6.61 Å². The van der Waals surface area contributed by atoms with E-state index in [4.69, 9.17) is 4.74 Å². The summed E-state index contributed by atoms with van der Waals surface area (Å²) >= 11 is 1.55. The van der Waals surface area contributed by atoms with E-state index < -0.39 is 5.97 Å². The number of hydrogen-bond acceptors (Lipinski definition) is 4. The second-order valence-electron chi connectivity index (χ2n) is 4.60. The highest BCUT2D eigenvalue weighted by Crippen LogP contribution is 2.07. The molecule has 0 spiro atoms. The highest BCUT2D eigenvalue weighted by molar-refractivity contribution is 7.08. The van der Waals surface area contributed by atoms with Gasteiger partial charge in [-0.1, -0.05) is 13.8 Å². The van der Waals surface area contributed by atoms with Crippen molar-refractivity contribution < 1.29 is 14.3 Å². The predicted octanol–water partition coefficient (Wildman–Crippen LogP) is 2.47. The number of carbonyl (C=O) groups is 2. The molecule has 0 aliphatic heterocycles. The van der Waals surface area contributed by atoms with E-state index in [1.165, 1.54) is 6.08 Å². The summed E-state index contributed by atoms with van der Waals surface area (Å²) in [6.45, 7) is 5.70. The summed E-state index contributed by atoms with van der Waals surface area (Å²) < 4.78 is 4.85. The zero-order valence-electron chi connectivity index (χ0n) is 11.4. The molecule has 0 aromatic carbocycles. The van der Waals surface area contributed by atoms with Gasteiger partial charge in [-0.15, -0.1) is 0 Å². The van der Waals surface area contributed by atoms with Crippen LogP contribution in [-0.2, 0) is 14.3 Å². The topological polar surface area (TPSA) is 55.4 Å². The summed E-state index contributed by atoms with van der Waals surface area (Å²) in [4.78, 5) is 22.9. The van der Waals surface area contributed by atoms with Crippen molar-refractivity contribution in [3.05, 3.63) is 28.5 Å². The molecule has 0 bridgehead atoms. The molecular formula is C14H19NO3S. The van der Waals surface area contributed by atoms with Crippen LogP contribution < -0.4 is 5.32 Å². The van der Waals surface area contributed by atoms with Gasteiger partial charge in [-0.05, 0) is 41.3 Å². The zero-order chi connectivity index (χ0) is 14.3. The van der Waals surface area contributed by atoms with E-state index in [1.54, 1.807) is 17.4 Å². The number of thiophene rings is 1. The SMILES string of the molecule is CC(C)[C@@H](C)NC(=O)COC(=O)/C=C/c1ccsc1. The number of rotatable bonds is 6. The highest BCUT2D eigenvalue weighted by Gasteiger charge is 2.11. The van der Waals surface area contributed by atoms with Crippen molar-refractivity contribution in [2.24, 2.45) is 5.92 Å². The highest BCUT2D eigenvalue weighted by atomic mass is 32.1. The molecule has 0 saturated heterocycles. The lowest BCUT2D eigenvalue weighted by Crippen LogP contribution is -2.38. The first-order valence-corrected chi connectivity index (χ1v) is 7.09. The Bertz CT molecular complexity index is 438. The second-order valence-corrected chi connectivity index (χ2v) is 5.38. The minimum absolute atomic E-state index is 0.0625. The molecule has 1 N–H and O–H groups in total. The third-order valence-corrected chi connectivity index (χ3v) is 3.39. The van der Waals surface area contributed by atoms with Crippen LogP contribution in [-0.4, -0.2) is 24.5 Å². The summed E-state index contributed by atoms with van der Waals surface area (Å²) in [7, 11) is 0. The first-order valence-electron chi connectivity index (χ1n) is 6.15. The Hall–Kier alpha value is -1.62. The summed E-state index contributed by atoms with van der Waals surface area (Å²) in [6.07, 6.45) is 2.98. The molecule has 1 aromatic heterocycles. The molecule has 5 heteroatoms. The molecule has 0 saturated carbocycles. The Kier molecular flexibility index (Phi) is 6.29. The summed E-state index contributed by atoms with van der Waals surface area (Å²) in [6, 6.07) is 1.96. The van der Waals surface area contributed by atoms with Gasteiger partial charge in [0, 0.05) is 12.1 Å². The molecule has 1 atom stereocenters. The molecular weight excluding hydrogens is 262 g/mol. The maximum absolute atomic E-state index is 11.5. The van der Waals surface area contributed by atoms with E-state index >= 15 is 0 Å². The van der Waals surface area contributed by atoms with Crippen LogP contribution >= 0.6 is 11.3 Å². The maximum atomic E-state index is 11.5. The zero-order valence-corrected chi connectivity index (χ0v) is 12.2. The third-order valence-electron chi connectivity index (χ3n) is 2.69. The summed E-state index contributed by atoms with van der Waals surface area (Å²) in [5, 5.41) is 6.61. The number of ether oxygens (including phenoxy) is 1. The molecule has 1 amide bonds. The molecule has 104 valence electrons. The second kappa shape index (κ2) is 7.74. The van der Waals surface area contributed by atoms with Gasteiger partial charge in [0.05, 0.1) is 0 Å². The first kappa shape index (κ1) is 15.4. The van der Waals surface area contributed by atoms with Crippen LogP contribution in [0.15, 0.2) is 22.9 Å². The van der Waals surface area contributed by atoms with Crippen molar-refractivity contribution in [3.8, 4) is 0 Å². The summed E-state index contributed by atoms with van der Waals surface area (Å²) in [5.74, 6) is -0.449. The van der Waals surface area contributed by atoms with Gasteiger partial charge in [-0.3, -0.25) is 4.79 Å². The molecule has 19 heavy (non-hydrogen) atoms. The predicted molar refractivity (Wildman–Crippen MR) is 76.8 cm³/mol. The average Bonchev–Trinajstić information content (AvgIpc) is 2.86. The molecule has 4 nitrogen and oxygen atoms in total. The third kappa shape index (κ3) is 6.20. The van der Waals surface area contributed by atoms with Gasteiger partial charge >= 0.3 is 5.97 Å². The number of carbonyl (C=O) groups excluding carboxylic acids is 2. The lowest BCUT2D eigenvalue weighted by atomic mass is 10.1. The molecule has 0 unspecified atom stereocenters. The standard InChI is InChI=1S/C14H19NO3S/c1-10(2)11(3)15-13(16)8-18-14(17)5-4-12-6-7-19-9-12/h4-7,9-11H,8H2,1-3H3,(H,15,16)/b5-4+/t11-/m1/s1. The fraction of sp³-hybridized carbons (Fsp3) is 0.429. The Morgan fingerprint density at radius 3 is 2.74 bits per heavy atom. The Balaban J connectivity index is 2.28. The smallest absolute Gasteiger partial charge is 0.331 e. The molecule has 0 aliphatic carbocycles. The van der Waals surface area contributed by atoms with Crippen LogP contribution in [0.25, 0.3) is 6.08 Å². The Morgan fingerprint density at radius 2 is 2.16 bits per heavy atom. The molecule has 0 fully saturated rings. The number of amides is 1. The van der Waals surface area contributed by atoms with E-state index in [9.17, 15) is 9.59 Å². The minimum atomic E-state index is -0.515. The maximum Gasteiger partial charge on any atom is 0.331 e. The van der Waals surface area contributed by atoms with E-state index in [1.807, 2.05) is 37.6 Å². The van der Waals surface area contributed by atoms with Gasteiger partial charge in [-0.25, -0.2) is 4.79 Å². The number of esters is 1. The normalized spacial score (nSPS) is 12.6. The minimum Gasteiger partial charge on any atom is -0.452 e. The fourth-order valence-corrected chi connectivity index (χ4v) is 1.81. The van der Waals surface area contributed by atoms with Crippen LogP contribution in [0.1, 0.15) is 26.3 Å². The van der Waals surface area contributed by atoms with Crippen LogP contribution in [0.2, 0.25) is 0 Å². The van der Waals surface area contributed by atoms with E-state index in [2.05, 4.69) is 5.32 Å². The van der Waals surface area contributed by atoms with E-state index in [0.717, 1.165) is 5.56 Å². The largest absolute Gasteiger partial charge is 0.452 e. The molecule has 1 rings (SSSR count). The van der Waals surface area contributed by atoms with Crippen molar-refractivity contribution in [1.29, 1.82) is 0 Å². The van der Waals surface area contributed by atoms with E-state index in [0.29, 0.717) is 5.92 Å². The summed E-state index contributed by atoms with van der Waals surface area (Å²) in [5.41, 5.74) is 0.944. The molecule has 1 aromatic rings. The monoisotopic (exact) mass is 281 g/mol. The lowest BCUT2D eigenvalue weighted by molar-refractivity contribution is -0.144. The van der Waals surface area contributed by atoms with Crippen LogP contribution in [0.5, 0.6) is 0 Å². The van der Waals surface area contributed by atoms with Crippen molar-refractivity contribution in [3.63, 3.8) is 0 Å². The number of hydrogen-bond donors (Lipinski definition) is 1. The van der Waals surface area contributed by atoms with Crippen LogP contribution in [0, 0.1) is 5.92 Å². The molecule has 0 aliphatic rings. The van der Waals surface area contributed by atoms with Gasteiger partial charge in [0.1, 0.15) is 0 Å². The average molecular weight is 281 g/mol. The molecule has 0 radical (unpaired) electrons. The quantitative estimate of drug-likeness (QED) is 0.644. The van der Waals surface area contributed by atoms with E-state index in [-0.39, 0.29) is 18.6 Å². The van der Waals surface area contributed by atoms with Gasteiger partial charge < -0.3 is 10.1 Å². The van der Waals surface area contributed by atoms with Gasteiger partial charge in [0.25, 0.3) is 5.91 Å². The Morgan fingerprint density at radius 1 is 1.42 bits per heavy atom. The fourth-order valence-electron chi connectivity index (χ4n) is 1.18. The van der Waals surface area contributed by atoms with Crippen molar-refractivity contribution >= 4 is 29.3 Å². The van der Waals surface area contributed by atoms with Gasteiger partial charge in [-0.2, -0.15) is 11.3 Å². The van der Waals surface area contributed by atoms with Crippen molar-refractivity contribution in [2.45, 2.75) is 26.8 Å². The lowest BCUT2D eigenvalue weighted by Gasteiger charge is -2.16. The number of nitrogens with one attached hydrogen (secondary N) is 1. The van der Waals surface area contributed by atoms with Gasteiger partial charge in [0.2, 0.25) is 0 Å². The van der Waals surface area contributed by atoms with Crippen LogP contribution in [0.3, 0.4) is 0 Å². The van der Waals surface area contributed by atoms with Crippen LogP contribution in [0.4, 0.5) is 0 Å². The first-order chi connectivity index (χ1) is 8.99. The Labute approximate surface area is 117 Å². The van der Waals surface area contributed by atoms with Crippen molar-refractivity contribution in [2.75, 3.05) is 6.61 Å². The van der Waals surface area contributed by atoms with Crippen molar-refractivity contribution in [1.82, 2.24) is 5.32 Å².